The van der Waals surface area contributed by atoms with Crippen LogP contribution in [0.15, 0.2) is 36.4 Å². The first kappa shape index (κ1) is 21.2. The summed E-state index contributed by atoms with van der Waals surface area (Å²) in [4.78, 5) is 14.7. The molecule has 1 N–H and O–H groups in total. The van der Waals surface area contributed by atoms with Crippen LogP contribution in [0.2, 0.25) is 0 Å². The number of nitrogens with one attached hydrogen (secondary N) is 1. The molecule has 0 aliphatic carbocycles. The molecule has 1 heterocycles. The van der Waals surface area contributed by atoms with Crippen LogP contribution in [-0.4, -0.2) is 38.1 Å². The van der Waals surface area contributed by atoms with Gasteiger partial charge in [0.05, 0.1) is 14.2 Å². The minimum Gasteiger partial charge on any atom is -0.493 e. The van der Waals surface area contributed by atoms with Gasteiger partial charge in [0.15, 0.2) is 11.5 Å². The molecular weight excluding hydrogens is 364 g/mol. The molecule has 0 saturated carbocycles. The highest BCUT2D eigenvalue weighted by atomic mass is 16.5. The summed E-state index contributed by atoms with van der Waals surface area (Å²) in [7, 11) is 3.32. The van der Waals surface area contributed by atoms with Gasteiger partial charge < -0.3 is 14.8 Å². The topological polar surface area (TPSA) is 50.8 Å². The summed E-state index contributed by atoms with van der Waals surface area (Å²) in [6.45, 7) is 9.05. The second-order valence-corrected chi connectivity index (χ2v) is 8.63. The Morgan fingerprint density at radius 3 is 2.24 bits per heavy atom. The smallest absolute Gasteiger partial charge is 0.225 e. The number of ether oxygens (including phenoxy) is 2. The molecule has 0 atom stereocenters. The number of carbonyl (C=O) groups is 1. The maximum Gasteiger partial charge on any atom is 0.225 e. The van der Waals surface area contributed by atoms with Crippen LogP contribution >= 0.6 is 0 Å². The largest absolute Gasteiger partial charge is 0.493 e. The van der Waals surface area contributed by atoms with E-state index in [0.29, 0.717) is 6.42 Å². The molecule has 156 valence electrons. The number of hydrogen-bond acceptors (Lipinski definition) is 4. The van der Waals surface area contributed by atoms with Gasteiger partial charge in [0.2, 0.25) is 5.91 Å². The van der Waals surface area contributed by atoms with Gasteiger partial charge in [-0.15, -0.1) is 0 Å². The standard InChI is InChI=1S/C24H32N2O3/c1-24(2,3)19-6-8-20(9-7-19)25-23(27)11-13-26-12-10-17-14-21(28-4)22(29-5)15-18(17)16-26/h6-9,14-15H,10-13,16H2,1-5H3,(H,25,27). The molecule has 1 aliphatic rings. The van der Waals surface area contributed by atoms with Crippen molar-refractivity contribution in [3.05, 3.63) is 53.1 Å². The number of fused-ring (bicyclic) bond motifs is 1. The van der Waals surface area contributed by atoms with Crippen LogP contribution in [0.4, 0.5) is 5.69 Å². The molecule has 2 aromatic carbocycles. The van der Waals surface area contributed by atoms with Gasteiger partial charge in [0, 0.05) is 31.7 Å². The predicted octanol–water partition coefficient (Wildman–Crippen LogP) is 4.39. The highest BCUT2D eigenvalue weighted by Gasteiger charge is 2.20. The van der Waals surface area contributed by atoms with Crippen molar-refractivity contribution in [2.75, 3.05) is 32.6 Å². The van der Waals surface area contributed by atoms with Gasteiger partial charge in [-0.1, -0.05) is 32.9 Å². The third-order valence-electron chi connectivity index (χ3n) is 5.49. The molecule has 1 amide bonds. The molecule has 0 spiro atoms. The molecule has 0 radical (unpaired) electrons. The summed E-state index contributed by atoms with van der Waals surface area (Å²) in [5.41, 5.74) is 4.76. The second kappa shape index (κ2) is 8.87. The number of carbonyl (C=O) groups excluding carboxylic acids is 1. The average molecular weight is 397 g/mol. The van der Waals surface area contributed by atoms with Crippen LogP contribution in [-0.2, 0) is 23.2 Å². The van der Waals surface area contributed by atoms with Gasteiger partial charge >= 0.3 is 0 Å². The number of hydrogen-bond donors (Lipinski definition) is 1. The van der Waals surface area contributed by atoms with Gasteiger partial charge in [-0.25, -0.2) is 0 Å². The molecule has 2 aromatic rings. The summed E-state index contributed by atoms with van der Waals surface area (Å²) < 4.78 is 10.8. The molecule has 0 unspecified atom stereocenters. The first-order valence-electron chi connectivity index (χ1n) is 10.2. The fourth-order valence-corrected chi connectivity index (χ4v) is 3.67. The van der Waals surface area contributed by atoms with E-state index in [1.165, 1.54) is 16.7 Å². The van der Waals surface area contributed by atoms with E-state index in [1.54, 1.807) is 14.2 Å². The van der Waals surface area contributed by atoms with Gasteiger partial charge in [0.25, 0.3) is 0 Å². The van der Waals surface area contributed by atoms with Gasteiger partial charge in [-0.05, 0) is 52.8 Å². The Kier molecular flexibility index (Phi) is 6.48. The second-order valence-electron chi connectivity index (χ2n) is 8.63. The molecule has 0 bridgehead atoms. The van der Waals surface area contributed by atoms with Crippen LogP contribution in [0.3, 0.4) is 0 Å². The molecule has 5 nitrogen and oxygen atoms in total. The van der Waals surface area contributed by atoms with E-state index in [1.807, 2.05) is 12.1 Å². The summed E-state index contributed by atoms with van der Waals surface area (Å²) >= 11 is 0. The Bertz CT molecular complexity index is 854. The number of anilines is 1. The molecule has 0 saturated heterocycles. The van der Waals surface area contributed by atoms with Crippen molar-refractivity contribution < 1.29 is 14.3 Å². The lowest BCUT2D eigenvalue weighted by atomic mass is 9.87. The van der Waals surface area contributed by atoms with Gasteiger partial charge in [0.1, 0.15) is 0 Å². The number of amides is 1. The normalized spacial score (nSPS) is 14.2. The molecule has 29 heavy (non-hydrogen) atoms. The molecule has 0 fully saturated rings. The van der Waals surface area contributed by atoms with Crippen molar-refractivity contribution in [1.29, 1.82) is 0 Å². The summed E-state index contributed by atoms with van der Waals surface area (Å²) in [6, 6.07) is 12.2. The first-order valence-corrected chi connectivity index (χ1v) is 10.2. The number of methoxy groups -OCH3 is 2. The van der Waals surface area contributed by atoms with Crippen molar-refractivity contribution in [3.63, 3.8) is 0 Å². The Morgan fingerprint density at radius 2 is 1.66 bits per heavy atom. The lowest BCUT2D eigenvalue weighted by Gasteiger charge is -2.29. The zero-order valence-electron chi connectivity index (χ0n) is 18.2. The van der Waals surface area contributed by atoms with Crippen LogP contribution in [0.25, 0.3) is 0 Å². The lowest BCUT2D eigenvalue weighted by Crippen LogP contribution is -2.33. The number of rotatable bonds is 6. The van der Waals surface area contributed by atoms with Crippen LogP contribution in [0.1, 0.15) is 43.9 Å². The molecule has 5 heteroatoms. The van der Waals surface area contributed by atoms with E-state index in [0.717, 1.165) is 43.2 Å². The predicted molar refractivity (Wildman–Crippen MR) is 117 cm³/mol. The van der Waals surface area contributed by atoms with E-state index in [-0.39, 0.29) is 11.3 Å². The zero-order valence-corrected chi connectivity index (χ0v) is 18.2. The van der Waals surface area contributed by atoms with Crippen LogP contribution in [0.5, 0.6) is 11.5 Å². The van der Waals surface area contributed by atoms with Crippen LogP contribution in [0, 0.1) is 0 Å². The van der Waals surface area contributed by atoms with E-state index >= 15 is 0 Å². The molecule has 1 aliphatic heterocycles. The third kappa shape index (κ3) is 5.30. The minimum absolute atomic E-state index is 0.0478. The molecule has 3 rings (SSSR count). The average Bonchev–Trinajstić information content (AvgIpc) is 2.70. The highest BCUT2D eigenvalue weighted by molar-refractivity contribution is 5.90. The van der Waals surface area contributed by atoms with Crippen molar-refractivity contribution in [2.24, 2.45) is 0 Å². The quantitative estimate of drug-likeness (QED) is 0.787. The summed E-state index contributed by atoms with van der Waals surface area (Å²) in [6.07, 6.45) is 1.43. The van der Waals surface area contributed by atoms with Gasteiger partial charge in [-0.2, -0.15) is 0 Å². The molecule has 0 aromatic heterocycles. The fraction of sp³-hybridized carbons (Fsp3) is 0.458. The molecular formula is C24H32N2O3. The lowest BCUT2D eigenvalue weighted by molar-refractivity contribution is -0.116. The minimum atomic E-state index is 0.0478. The Hall–Kier alpha value is -2.53. The van der Waals surface area contributed by atoms with E-state index < -0.39 is 0 Å². The maximum absolute atomic E-state index is 12.4. The Morgan fingerprint density at radius 1 is 1.03 bits per heavy atom. The van der Waals surface area contributed by atoms with Crippen molar-refractivity contribution in [3.8, 4) is 11.5 Å². The number of benzene rings is 2. The fourth-order valence-electron chi connectivity index (χ4n) is 3.67. The van der Waals surface area contributed by atoms with E-state index in [9.17, 15) is 4.79 Å². The van der Waals surface area contributed by atoms with E-state index in [4.69, 9.17) is 9.47 Å². The van der Waals surface area contributed by atoms with Gasteiger partial charge in [-0.3, -0.25) is 9.69 Å². The van der Waals surface area contributed by atoms with Crippen molar-refractivity contribution in [2.45, 2.75) is 45.6 Å². The Labute approximate surface area is 174 Å². The van der Waals surface area contributed by atoms with Crippen LogP contribution < -0.4 is 14.8 Å². The highest BCUT2D eigenvalue weighted by Crippen LogP contribution is 2.33. The van der Waals surface area contributed by atoms with E-state index in [2.05, 4.69) is 55.3 Å². The monoisotopic (exact) mass is 396 g/mol. The third-order valence-corrected chi connectivity index (χ3v) is 5.49. The first-order chi connectivity index (χ1) is 13.8. The summed E-state index contributed by atoms with van der Waals surface area (Å²) in [5, 5.41) is 3.01. The Balaban J connectivity index is 1.54. The zero-order chi connectivity index (χ0) is 21.0. The van der Waals surface area contributed by atoms with Crippen molar-refractivity contribution in [1.82, 2.24) is 4.90 Å². The maximum atomic E-state index is 12.4. The summed E-state index contributed by atoms with van der Waals surface area (Å²) in [5.74, 6) is 1.58. The SMILES string of the molecule is COc1cc2c(cc1OC)CN(CCC(=O)Nc1ccc(C(C)(C)C)cc1)CC2. The number of nitrogens with zero attached hydrogens (tertiary/aromatic N) is 1. The van der Waals surface area contributed by atoms with Crippen molar-refractivity contribution >= 4 is 11.6 Å².